The molecule has 40 heavy (non-hydrogen) atoms. The van der Waals surface area contributed by atoms with Gasteiger partial charge < -0.3 is 5.32 Å². The molecule has 2 unspecified atom stereocenters. The van der Waals surface area contributed by atoms with Crippen molar-refractivity contribution in [1.82, 2.24) is 5.32 Å². The summed E-state index contributed by atoms with van der Waals surface area (Å²) in [5.41, 5.74) is -1.64. The van der Waals surface area contributed by atoms with Crippen LogP contribution in [0.4, 0.5) is 13.2 Å². The zero-order valence-electron chi connectivity index (χ0n) is 25.4. The molecule has 4 fully saturated rings. The van der Waals surface area contributed by atoms with Crippen molar-refractivity contribution in [3.05, 3.63) is 11.6 Å². The van der Waals surface area contributed by atoms with E-state index in [2.05, 4.69) is 46.0 Å². The third-order valence-electron chi connectivity index (χ3n) is 13.4. The van der Waals surface area contributed by atoms with Crippen LogP contribution >= 0.6 is 0 Å². The summed E-state index contributed by atoms with van der Waals surface area (Å²) in [6.07, 6.45) is 4.15. The van der Waals surface area contributed by atoms with Gasteiger partial charge in [0.1, 0.15) is 11.9 Å². The van der Waals surface area contributed by atoms with Crippen molar-refractivity contribution in [1.29, 1.82) is 5.26 Å². The molecule has 5 aliphatic rings. The van der Waals surface area contributed by atoms with Crippen molar-refractivity contribution in [3.63, 3.8) is 0 Å². The van der Waals surface area contributed by atoms with Crippen molar-refractivity contribution in [2.45, 2.75) is 106 Å². The van der Waals surface area contributed by atoms with Gasteiger partial charge in [0, 0.05) is 24.3 Å². The van der Waals surface area contributed by atoms with Gasteiger partial charge in [-0.3, -0.25) is 9.59 Å². The van der Waals surface area contributed by atoms with Crippen LogP contribution in [0.1, 0.15) is 99.8 Å². The summed E-state index contributed by atoms with van der Waals surface area (Å²) in [5.74, 6) is 0.0736. The normalized spacial score (nSPS) is 45.8. The van der Waals surface area contributed by atoms with Gasteiger partial charge in [-0.15, -0.1) is 0 Å². The minimum absolute atomic E-state index is 0.00989. The molecular weight excluding hydrogens is 513 g/mol. The Morgan fingerprint density at radius 3 is 2.23 bits per heavy atom. The fourth-order valence-electron chi connectivity index (χ4n) is 11.2. The topological polar surface area (TPSA) is 70.0 Å². The van der Waals surface area contributed by atoms with E-state index in [1.54, 1.807) is 0 Å². The molecule has 0 aromatic rings. The lowest BCUT2D eigenvalue weighted by Crippen LogP contribution is -2.69. The van der Waals surface area contributed by atoms with Gasteiger partial charge in [0.15, 0.2) is 5.78 Å². The van der Waals surface area contributed by atoms with E-state index >= 15 is 0 Å². The highest BCUT2D eigenvalue weighted by molar-refractivity contribution is 6.04. The van der Waals surface area contributed by atoms with Crippen LogP contribution in [-0.2, 0) is 9.59 Å². The summed E-state index contributed by atoms with van der Waals surface area (Å²) in [7, 11) is 0. The quantitative estimate of drug-likeness (QED) is 0.390. The molecule has 4 saturated carbocycles. The Balaban J connectivity index is 1.57. The number of carbonyl (C=O) groups is 2. The van der Waals surface area contributed by atoms with E-state index in [-0.39, 0.29) is 62.5 Å². The van der Waals surface area contributed by atoms with Crippen LogP contribution in [0.25, 0.3) is 0 Å². The van der Waals surface area contributed by atoms with Gasteiger partial charge >= 0.3 is 6.18 Å². The molecule has 7 heteroatoms. The van der Waals surface area contributed by atoms with Gasteiger partial charge in [-0.25, -0.2) is 0 Å². The number of allylic oxidation sites excluding steroid dienone is 2. The van der Waals surface area contributed by atoms with E-state index < -0.39 is 23.6 Å². The number of hydrogen-bond acceptors (Lipinski definition) is 4. The Morgan fingerprint density at radius 2 is 1.60 bits per heavy atom. The lowest BCUT2D eigenvalue weighted by molar-refractivity contribution is -0.222. The second kappa shape index (κ2) is 8.91. The zero-order valence-corrected chi connectivity index (χ0v) is 25.4. The van der Waals surface area contributed by atoms with Gasteiger partial charge in [0.25, 0.3) is 0 Å². The molecule has 5 rings (SSSR count). The Hall–Kier alpha value is -1.68. The first-order valence-electron chi connectivity index (χ1n) is 15.2. The first-order chi connectivity index (χ1) is 18.3. The number of Topliss-reactive ketones (excluding diaryl/α,β-unsaturated/α-hetero) is 2. The Morgan fingerprint density at radius 1 is 0.950 bits per heavy atom. The summed E-state index contributed by atoms with van der Waals surface area (Å²) in [6, 6.07) is 2.17. The van der Waals surface area contributed by atoms with Crippen LogP contribution in [0.15, 0.2) is 11.6 Å². The molecule has 0 radical (unpaired) electrons. The number of alkyl halides is 3. The molecule has 0 aliphatic heterocycles. The number of nitrogens with zero attached hydrogens (tertiary/aromatic N) is 1. The lowest BCUT2D eigenvalue weighted by Gasteiger charge is -2.72. The molecule has 1 N–H and O–H groups in total. The molecule has 0 saturated heterocycles. The van der Waals surface area contributed by atoms with Crippen molar-refractivity contribution in [2.24, 2.45) is 56.2 Å². The Kier molecular flexibility index (Phi) is 6.64. The molecule has 8 atom stereocenters. The smallest absolute Gasteiger partial charge is 0.308 e. The Labute approximate surface area is 237 Å². The van der Waals surface area contributed by atoms with E-state index in [9.17, 15) is 28.0 Å². The minimum atomic E-state index is -4.26. The average Bonchev–Trinajstić information content (AvgIpc) is 2.82. The molecule has 5 aliphatic carbocycles. The van der Waals surface area contributed by atoms with Crippen molar-refractivity contribution < 1.29 is 22.8 Å². The second-order valence-electron chi connectivity index (χ2n) is 16.3. The number of carbonyl (C=O) groups excluding carboxylic acids is 2. The standard InChI is InChI=1S/C33H47F3N2O2/c1-27(2)10-12-32(18-38-19-33(34,35)36)13-11-31(7)25(21(32)16-27)22(39)14-24-29(5)15-20(17-37)26(40)28(3,4)23(29)8-9-30(24,31)6/h15,21,23-25,38H,8-14,16,18-19H2,1-7H3/t21?,23-,24+,25?,29-,30+,31+,32+/m0/s1. The Bertz CT molecular complexity index is 1180. The predicted molar refractivity (Wildman–Crippen MR) is 148 cm³/mol. The summed E-state index contributed by atoms with van der Waals surface area (Å²) < 4.78 is 39.4. The summed E-state index contributed by atoms with van der Waals surface area (Å²) in [4.78, 5) is 27.8. The van der Waals surface area contributed by atoms with Crippen LogP contribution in [-0.4, -0.2) is 30.8 Å². The van der Waals surface area contributed by atoms with E-state index in [4.69, 9.17) is 0 Å². The van der Waals surface area contributed by atoms with E-state index in [0.29, 0.717) is 13.0 Å². The van der Waals surface area contributed by atoms with Crippen molar-refractivity contribution in [2.75, 3.05) is 13.1 Å². The van der Waals surface area contributed by atoms with Gasteiger partial charge in [-0.1, -0.05) is 54.5 Å². The average molecular weight is 561 g/mol. The highest BCUT2D eigenvalue weighted by Crippen LogP contribution is 2.75. The number of rotatable bonds is 3. The van der Waals surface area contributed by atoms with Gasteiger partial charge in [0.2, 0.25) is 0 Å². The van der Waals surface area contributed by atoms with Crippen molar-refractivity contribution in [3.8, 4) is 6.07 Å². The second-order valence-corrected chi connectivity index (χ2v) is 16.3. The summed E-state index contributed by atoms with van der Waals surface area (Å²) in [6.45, 7) is 14.6. The van der Waals surface area contributed by atoms with Crippen LogP contribution in [0.5, 0.6) is 0 Å². The number of halogens is 3. The molecule has 0 heterocycles. The van der Waals surface area contributed by atoms with Gasteiger partial charge in [0.05, 0.1) is 12.1 Å². The third kappa shape index (κ3) is 4.08. The molecule has 0 amide bonds. The highest BCUT2D eigenvalue weighted by Gasteiger charge is 2.72. The molecule has 0 spiro atoms. The van der Waals surface area contributed by atoms with Crippen molar-refractivity contribution >= 4 is 11.6 Å². The first kappa shape index (κ1) is 29.8. The predicted octanol–water partition coefficient (Wildman–Crippen LogP) is 7.44. The maximum Gasteiger partial charge on any atom is 0.401 e. The molecule has 222 valence electrons. The number of nitriles is 1. The zero-order chi connectivity index (χ0) is 29.7. The SMILES string of the molecule is CC1(C)CC[C@]2(CNCC(F)(F)F)CC[C@]3(C)C(C(=O)C[C@@H]4[C@@]5(C)C=C(C#N)C(=O)C(C)(C)[C@@H]5CC[C@]43C)C2C1. The van der Waals surface area contributed by atoms with E-state index in [1.807, 2.05) is 19.9 Å². The number of nitrogens with one attached hydrogen (secondary N) is 1. The fraction of sp³-hybridized carbons (Fsp3) is 0.848. The molecule has 0 aromatic heterocycles. The number of ketones is 2. The highest BCUT2D eigenvalue weighted by atomic mass is 19.4. The number of hydrogen-bond donors (Lipinski definition) is 1. The van der Waals surface area contributed by atoms with Crippen LogP contribution in [0, 0.1) is 67.5 Å². The molecule has 4 nitrogen and oxygen atoms in total. The van der Waals surface area contributed by atoms with E-state index in [1.165, 1.54) is 0 Å². The van der Waals surface area contributed by atoms with Gasteiger partial charge in [-0.05, 0) is 89.8 Å². The maximum atomic E-state index is 14.5. The van der Waals surface area contributed by atoms with Crippen LogP contribution in [0.3, 0.4) is 0 Å². The molecule has 0 bridgehead atoms. The van der Waals surface area contributed by atoms with Gasteiger partial charge in [-0.2, -0.15) is 18.4 Å². The minimum Gasteiger partial charge on any atom is -0.308 e. The lowest BCUT2D eigenvalue weighted by atomic mass is 9.31. The monoisotopic (exact) mass is 560 g/mol. The van der Waals surface area contributed by atoms with Crippen LogP contribution in [0.2, 0.25) is 0 Å². The maximum absolute atomic E-state index is 14.5. The largest absolute Gasteiger partial charge is 0.401 e. The molecular formula is C33H47F3N2O2. The summed E-state index contributed by atoms with van der Waals surface area (Å²) in [5, 5.41) is 12.7. The van der Waals surface area contributed by atoms with Crippen LogP contribution < -0.4 is 5.32 Å². The first-order valence-corrected chi connectivity index (χ1v) is 15.2. The third-order valence-corrected chi connectivity index (χ3v) is 13.4. The summed E-state index contributed by atoms with van der Waals surface area (Å²) >= 11 is 0. The van der Waals surface area contributed by atoms with E-state index in [0.717, 1.165) is 44.9 Å². The fourth-order valence-corrected chi connectivity index (χ4v) is 11.2. The number of fused-ring (bicyclic) bond motifs is 7. The molecule has 0 aromatic carbocycles.